The molecule has 0 unspecified atom stereocenters. The van der Waals surface area contributed by atoms with Crippen molar-refractivity contribution in [3.05, 3.63) is 59.7 Å². The molecule has 1 heterocycles. The highest BCUT2D eigenvalue weighted by Crippen LogP contribution is 2.27. The van der Waals surface area contributed by atoms with Crippen molar-refractivity contribution in [1.82, 2.24) is 20.1 Å². The Hall–Kier alpha value is -2.80. The number of nitrogens with zero attached hydrogens (tertiary/aromatic N) is 3. The van der Waals surface area contributed by atoms with Gasteiger partial charge in [0.2, 0.25) is 5.91 Å². The number of hydrogen-bond acceptors (Lipinski definition) is 5. The van der Waals surface area contributed by atoms with E-state index in [0.717, 1.165) is 22.7 Å². The van der Waals surface area contributed by atoms with Gasteiger partial charge in [0.05, 0.1) is 12.9 Å². The zero-order chi connectivity index (χ0) is 21.7. The average Bonchev–Trinajstić information content (AvgIpc) is 3.11. The van der Waals surface area contributed by atoms with Gasteiger partial charge in [-0.2, -0.15) is 0 Å². The third-order valence-electron chi connectivity index (χ3n) is 4.83. The largest absolute Gasteiger partial charge is 0.497 e. The van der Waals surface area contributed by atoms with Crippen molar-refractivity contribution in [2.24, 2.45) is 7.05 Å². The van der Waals surface area contributed by atoms with Crippen LogP contribution in [0, 0.1) is 0 Å². The molecule has 0 bridgehead atoms. The lowest BCUT2D eigenvalue weighted by Gasteiger charge is -2.19. The second kappa shape index (κ2) is 9.34. The number of rotatable bonds is 7. The Morgan fingerprint density at radius 2 is 1.73 bits per heavy atom. The maximum absolute atomic E-state index is 12.2. The standard InChI is InChI=1S/C23H28N4O2S/c1-23(2,3)18-10-8-17(9-11-18)21-25-26-22(27(21)4)30-15-20(28)24-14-16-6-12-19(29-5)13-7-16/h6-13H,14-15H2,1-5H3,(H,24,28). The minimum Gasteiger partial charge on any atom is -0.497 e. The second-order valence-electron chi connectivity index (χ2n) is 8.11. The normalized spacial score (nSPS) is 11.4. The van der Waals surface area contributed by atoms with Crippen LogP contribution in [0.15, 0.2) is 53.7 Å². The van der Waals surface area contributed by atoms with E-state index >= 15 is 0 Å². The summed E-state index contributed by atoms with van der Waals surface area (Å²) in [6, 6.07) is 16.0. The Morgan fingerprint density at radius 1 is 1.07 bits per heavy atom. The van der Waals surface area contributed by atoms with Crippen LogP contribution in [0.1, 0.15) is 31.9 Å². The molecular formula is C23H28N4O2S. The molecule has 6 nitrogen and oxygen atoms in total. The molecule has 0 spiro atoms. The molecule has 0 aliphatic carbocycles. The molecule has 0 saturated heterocycles. The highest BCUT2D eigenvalue weighted by molar-refractivity contribution is 7.99. The first-order valence-electron chi connectivity index (χ1n) is 9.80. The van der Waals surface area contributed by atoms with Crippen molar-refractivity contribution in [3.63, 3.8) is 0 Å². The van der Waals surface area contributed by atoms with Gasteiger partial charge in [0.25, 0.3) is 0 Å². The number of nitrogens with one attached hydrogen (secondary N) is 1. The van der Waals surface area contributed by atoms with Gasteiger partial charge in [-0.3, -0.25) is 4.79 Å². The number of benzene rings is 2. The van der Waals surface area contributed by atoms with E-state index in [1.807, 2.05) is 35.9 Å². The van der Waals surface area contributed by atoms with Crippen LogP contribution in [0.5, 0.6) is 5.75 Å². The maximum atomic E-state index is 12.2. The Balaban J connectivity index is 1.56. The molecule has 0 fully saturated rings. The number of carbonyl (C=O) groups is 1. The third-order valence-corrected chi connectivity index (χ3v) is 5.85. The number of aromatic nitrogens is 3. The molecule has 30 heavy (non-hydrogen) atoms. The highest BCUT2D eigenvalue weighted by Gasteiger charge is 2.16. The lowest BCUT2D eigenvalue weighted by atomic mass is 9.87. The van der Waals surface area contributed by atoms with Gasteiger partial charge in [0.15, 0.2) is 11.0 Å². The quantitative estimate of drug-likeness (QED) is 0.576. The fourth-order valence-corrected chi connectivity index (χ4v) is 3.68. The molecule has 1 amide bonds. The third kappa shape index (κ3) is 5.42. The molecule has 0 saturated carbocycles. The van der Waals surface area contributed by atoms with E-state index in [1.54, 1.807) is 7.11 Å². The summed E-state index contributed by atoms with van der Waals surface area (Å²) in [6.45, 7) is 7.06. The Bertz CT molecular complexity index is 990. The van der Waals surface area contributed by atoms with Crippen molar-refractivity contribution in [2.75, 3.05) is 12.9 Å². The average molecular weight is 425 g/mol. The first-order chi connectivity index (χ1) is 14.3. The van der Waals surface area contributed by atoms with E-state index in [1.165, 1.54) is 17.3 Å². The molecule has 3 aromatic rings. The summed E-state index contributed by atoms with van der Waals surface area (Å²) in [4.78, 5) is 12.2. The number of carbonyl (C=O) groups excluding carboxylic acids is 1. The van der Waals surface area contributed by atoms with Crippen molar-refractivity contribution in [3.8, 4) is 17.1 Å². The van der Waals surface area contributed by atoms with E-state index in [-0.39, 0.29) is 17.1 Å². The first-order valence-corrected chi connectivity index (χ1v) is 10.8. The van der Waals surface area contributed by atoms with Gasteiger partial charge in [-0.15, -0.1) is 10.2 Å². The zero-order valence-corrected chi connectivity index (χ0v) is 18.9. The van der Waals surface area contributed by atoms with Crippen molar-refractivity contribution in [1.29, 1.82) is 0 Å². The van der Waals surface area contributed by atoms with Crippen LogP contribution in [0.4, 0.5) is 0 Å². The maximum Gasteiger partial charge on any atom is 0.230 e. The van der Waals surface area contributed by atoms with Crippen LogP contribution in [-0.4, -0.2) is 33.5 Å². The summed E-state index contributed by atoms with van der Waals surface area (Å²) in [5.41, 5.74) is 3.41. The first kappa shape index (κ1) is 21.9. The van der Waals surface area contributed by atoms with Crippen LogP contribution < -0.4 is 10.1 Å². The summed E-state index contributed by atoms with van der Waals surface area (Å²) in [7, 11) is 3.55. The summed E-state index contributed by atoms with van der Waals surface area (Å²) in [5, 5.41) is 12.2. The molecular weight excluding hydrogens is 396 g/mol. The van der Waals surface area contributed by atoms with Crippen molar-refractivity contribution >= 4 is 17.7 Å². The van der Waals surface area contributed by atoms with Crippen molar-refractivity contribution < 1.29 is 9.53 Å². The molecule has 1 N–H and O–H groups in total. The number of thioether (sulfide) groups is 1. The minimum atomic E-state index is -0.0464. The monoisotopic (exact) mass is 424 g/mol. The molecule has 0 aliphatic rings. The molecule has 3 rings (SSSR count). The second-order valence-corrected chi connectivity index (χ2v) is 9.05. The minimum absolute atomic E-state index is 0.0464. The Kier molecular flexibility index (Phi) is 6.82. The van der Waals surface area contributed by atoms with Gasteiger partial charge in [0, 0.05) is 19.2 Å². The summed E-state index contributed by atoms with van der Waals surface area (Å²) in [6.07, 6.45) is 0. The molecule has 0 radical (unpaired) electrons. The van der Waals surface area contributed by atoms with Crippen LogP contribution in [-0.2, 0) is 23.8 Å². The van der Waals surface area contributed by atoms with E-state index in [0.29, 0.717) is 11.7 Å². The fraction of sp³-hybridized carbons (Fsp3) is 0.348. The van der Waals surface area contributed by atoms with Gasteiger partial charge in [-0.25, -0.2) is 0 Å². The van der Waals surface area contributed by atoms with Gasteiger partial charge in [-0.05, 0) is 28.7 Å². The molecule has 158 valence electrons. The molecule has 2 aromatic carbocycles. The van der Waals surface area contributed by atoms with E-state index in [9.17, 15) is 4.79 Å². The summed E-state index contributed by atoms with van der Waals surface area (Å²) >= 11 is 1.38. The fourth-order valence-electron chi connectivity index (χ4n) is 2.94. The van der Waals surface area contributed by atoms with Gasteiger partial charge < -0.3 is 14.6 Å². The molecule has 7 heteroatoms. The lowest BCUT2D eigenvalue weighted by Crippen LogP contribution is -2.24. The summed E-state index contributed by atoms with van der Waals surface area (Å²) in [5.74, 6) is 1.82. The zero-order valence-electron chi connectivity index (χ0n) is 18.1. The molecule has 0 atom stereocenters. The van der Waals surface area contributed by atoms with Crippen molar-refractivity contribution in [2.45, 2.75) is 37.9 Å². The van der Waals surface area contributed by atoms with Crippen LogP contribution >= 0.6 is 11.8 Å². The van der Waals surface area contributed by atoms with E-state index < -0.39 is 0 Å². The van der Waals surface area contributed by atoms with Gasteiger partial charge in [-0.1, -0.05) is 68.9 Å². The Labute approximate surface area is 182 Å². The van der Waals surface area contributed by atoms with Gasteiger partial charge in [0.1, 0.15) is 5.75 Å². The topological polar surface area (TPSA) is 69.0 Å². The molecule has 1 aromatic heterocycles. The number of hydrogen-bond donors (Lipinski definition) is 1. The number of ether oxygens (including phenoxy) is 1. The van der Waals surface area contributed by atoms with Crippen LogP contribution in [0.2, 0.25) is 0 Å². The number of amides is 1. The summed E-state index contributed by atoms with van der Waals surface area (Å²) < 4.78 is 7.07. The van der Waals surface area contributed by atoms with Crippen LogP contribution in [0.25, 0.3) is 11.4 Å². The molecule has 0 aliphatic heterocycles. The highest BCUT2D eigenvalue weighted by atomic mass is 32.2. The predicted octanol–water partition coefficient (Wildman–Crippen LogP) is 4.20. The predicted molar refractivity (Wildman–Crippen MR) is 121 cm³/mol. The SMILES string of the molecule is COc1ccc(CNC(=O)CSc2nnc(-c3ccc(C(C)(C)C)cc3)n2C)cc1. The smallest absolute Gasteiger partial charge is 0.230 e. The number of methoxy groups -OCH3 is 1. The van der Waals surface area contributed by atoms with Gasteiger partial charge >= 0.3 is 0 Å². The Morgan fingerprint density at radius 3 is 2.33 bits per heavy atom. The lowest BCUT2D eigenvalue weighted by molar-refractivity contribution is -0.118. The van der Waals surface area contributed by atoms with Crippen LogP contribution in [0.3, 0.4) is 0 Å². The van der Waals surface area contributed by atoms with E-state index in [2.05, 4.69) is 60.6 Å². The van der Waals surface area contributed by atoms with E-state index in [4.69, 9.17) is 4.74 Å².